The molecule has 0 aliphatic carbocycles. The largest absolute Gasteiger partial charge is 0.491 e. The lowest BCUT2D eigenvalue weighted by Gasteiger charge is -2.14. The molecule has 0 saturated carbocycles. The fourth-order valence-electron chi connectivity index (χ4n) is 2.14. The molecule has 26 heavy (non-hydrogen) atoms. The van der Waals surface area contributed by atoms with E-state index in [-0.39, 0.29) is 34.2 Å². The Morgan fingerprint density at radius 2 is 2.00 bits per heavy atom. The number of aldehydes is 1. The Morgan fingerprint density at radius 3 is 2.62 bits per heavy atom. The highest BCUT2D eigenvalue weighted by Crippen LogP contribution is 2.36. The minimum absolute atomic E-state index is 0.0932. The van der Waals surface area contributed by atoms with Gasteiger partial charge in [0.05, 0.1) is 24.3 Å². The number of rotatable bonds is 8. The molecule has 8 heteroatoms. The van der Waals surface area contributed by atoms with Crippen LogP contribution in [0, 0.1) is 5.82 Å². The fourth-order valence-corrected chi connectivity index (χ4v) is 2.43. The molecule has 2 rings (SSSR count). The van der Waals surface area contributed by atoms with Gasteiger partial charge in [0.1, 0.15) is 12.4 Å². The van der Waals surface area contributed by atoms with Gasteiger partial charge in [0.25, 0.3) is 5.91 Å². The molecule has 0 spiro atoms. The van der Waals surface area contributed by atoms with Crippen LogP contribution in [0.4, 0.5) is 10.1 Å². The first kappa shape index (κ1) is 19.7. The third-order valence-corrected chi connectivity index (χ3v) is 3.69. The highest BCUT2D eigenvalue weighted by molar-refractivity contribution is 6.32. The van der Waals surface area contributed by atoms with Crippen molar-refractivity contribution in [2.75, 3.05) is 32.8 Å². The fraction of sp³-hybridized carbons (Fsp3) is 0.222. The normalized spacial score (nSPS) is 10.3. The second kappa shape index (κ2) is 9.17. The third-order valence-electron chi connectivity index (χ3n) is 3.41. The zero-order valence-electron chi connectivity index (χ0n) is 14.2. The molecule has 6 nitrogen and oxygen atoms in total. The summed E-state index contributed by atoms with van der Waals surface area (Å²) in [7, 11) is 2.97. The highest BCUT2D eigenvalue weighted by Gasteiger charge is 2.16. The number of benzene rings is 2. The zero-order valence-corrected chi connectivity index (χ0v) is 14.9. The standard InChI is InChI=1S/C18H17ClFNO5/c1-24-5-6-26-16-8-12(7-14(19)17(16)25-2)18(23)21-13-4-3-11(10-22)15(20)9-13/h3-4,7-10H,5-6H2,1-2H3,(H,21,23). The molecule has 0 aromatic heterocycles. The summed E-state index contributed by atoms with van der Waals surface area (Å²) in [6.45, 7) is 0.589. The Labute approximate surface area is 154 Å². The van der Waals surface area contributed by atoms with Crippen LogP contribution in [0.5, 0.6) is 11.5 Å². The van der Waals surface area contributed by atoms with Crippen LogP contribution in [0.2, 0.25) is 5.02 Å². The molecule has 2 aromatic rings. The molecule has 0 heterocycles. The summed E-state index contributed by atoms with van der Waals surface area (Å²) in [4.78, 5) is 23.1. The number of carbonyl (C=O) groups excluding carboxylic acids is 2. The number of ether oxygens (including phenoxy) is 3. The van der Waals surface area contributed by atoms with Gasteiger partial charge in [-0.25, -0.2) is 4.39 Å². The van der Waals surface area contributed by atoms with Gasteiger partial charge in [-0.2, -0.15) is 0 Å². The second-order valence-electron chi connectivity index (χ2n) is 5.14. The van der Waals surface area contributed by atoms with Gasteiger partial charge in [-0.05, 0) is 30.3 Å². The van der Waals surface area contributed by atoms with Crippen molar-refractivity contribution in [3.8, 4) is 11.5 Å². The molecule has 0 atom stereocenters. The number of amides is 1. The Hall–Kier alpha value is -2.64. The van der Waals surface area contributed by atoms with Crippen molar-refractivity contribution in [3.63, 3.8) is 0 Å². The van der Waals surface area contributed by atoms with Crippen LogP contribution in [0.3, 0.4) is 0 Å². The Bertz CT molecular complexity index is 812. The lowest BCUT2D eigenvalue weighted by Crippen LogP contribution is -2.13. The quantitative estimate of drug-likeness (QED) is 0.559. The summed E-state index contributed by atoms with van der Waals surface area (Å²) < 4.78 is 29.3. The van der Waals surface area contributed by atoms with Crippen molar-refractivity contribution in [2.45, 2.75) is 0 Å². The van der Waals surface area contributed by atoms with E-state index in [1.54, 1.807) is 0 Å². The first-order chi connectivity index (χ1) is 12.5. The predicted octanol–water partition coefficient (Wildman–Crippen LogP) is 3.58. The van der Waals surface area contributed by atoms with Crippen molar-refractivity contribution in [2.24, 2.45) is 0 Å². The molecule has 1 N–H and O–H groups in total. The van der Waals surface area contributed by atoms with Crippen LogP contribution >= 0.6 is 11.6 Å². The summed E-state index contributed by atoms with van der Waals surface area (Å²) in [5.74, 6) is -0.677. The van der Waals surface area contributed by atoms with E-state index in [1.165, 1.54) is 38.5 Å². The molecule has 0 aliphatic rings. The van der Waals surface area contributed by atoms with Crippen molar-refractivity contribution >= 4 is 29.5 Å². The maximum Gasteiger partial charge on any atom is 0.255 e. The van der Waals surface area contributed by atoms with Gasteiger partial charge >= 0.3 is 0 Å². The monoisotopic (exact) mass is 381 g/mol. The van der Waals surface area contributed by atoms with E-state index >= 15 is 0 Å². The van der Waals surface area contributed by atoms with Gasteiger partial charge < -0.3 is 19.5 Å². The topological polar surface area (TPSA) is 73.9 Å². The Morgan fingerprint density at radius 1 is 1.23 bits per heavy atom. The summed E-state index contributed by atoms with van der Waals surface area (Å²) >= 11 is 6.14. The number of nitrogens with one attached hydrogen (secondary N) is 1. The van der Waals surface area contributed by atoms with E-state index in [0.29, 0.717) is 18.6 Å². The molecular weight excluding hydrogens is 365 g/mol. The lowest BCUT2D eigenvalue weighted by molar-refractivity contribution is 0.102. The number of anilines is 1. The molecule has 0 saturated heterocycles. The molecule has 1 amide bonds. The maximum atomic E-state index is 13.7. The summed E-state index contributed by atoms with van der Waals surface area (Å²) in [6, 6.07) is 6.63. The third kappa shape index (κ3) is 4.71. The molecule has 0 radical (unpaired) electrons. The predicted molar refractivity (Wildman–Crippen MR) is 95.1 cm³/mol. The molecule has 0 aliphatic heterocycles. The van der Waals surface area contributed by atoms with Crippen LogP contribution in [-0.4, -0.2) is 39.6 Å². The Kier molecular flexibility index (Phi) is 6.94. The van der Waals surface area contributed by atoms with Gasteiger partial charge in [-0.1, -0.05) is 11.6 Å². The minimum Gasteiger partial charge on any atom is -0.491 e. The molecule has 0 fully saturated rings. The molecular formula is C18H17ClFNO5. The first-order valence-corrected chi connectivity index (χ1v) is 7.93. The number of hydrogen-bond donors (Lipinski definition) is 1. The molecule has 138 valence electrons. The Balaban J connectivity index is 2.24. The van der Waals surface area contributed by atoms with E-state index in [0.717, 1.165) is 6.07 Å². The zero-order chi connectivity index (χ0) is 19.1. The van der Waals surface area contributed by atoms with E-state index in [9.17, 15) is 14.0 Å². The average molecular weight is 382 g/mol. The number of halogens is 2. The van der Waals surface area contributed by atoms with Crippen LogP contribution in [-0.2, 0) is 4.74 Å². The highest BCUT2D eigenvalue weighted by atomic mass is 35.5. The summed E-state index contributed by atoms with van der Waals surface area (Å²) in [5.41, 5.74) is 0.305. The summed E-state index contributed by atoms with van der Waals surface area (Å²) in [5, 5.41) is 2.72. The van der Waals surface area contributed by atoms with Crippen LogP contribution in [0.25, 0.3) is 0 Å². The van der Waals surface area contributed by atoms with Gasteiger partial charge in [0.15, 0.2) is 17.8 Å². The smallest absolute Gasteiger partial charge is 0.255 e. The van der Waals surface area contributed by atoms with Crippen molar-refractivity contribution in [1.82, 2.24) is 0 Å². The van der Waals surface area contributed by atoms with Gasteiger partial charge in [0.2, 0.25) is 0 Å². The van der Waals surface area contributed by atoms with Gasteiger partial charge in [-0.15, -0.1) is 0 Å². The average Bonchev–Trinajstić information content (AvgIpc) is 2.61. The molecule has 0 bridgehead atoms. The molecule has 0 unspecified atom stereocenters. The van der Waals surface area contributed by atoms with Crippen molar-refractivity contribution in [1.29, 1.82) is 0 Å². The maximum absolute atomic E-state index is 13.7. The number of carbonyl (C=O) groups is 2. The van der Waals surface area contributed by atoms with Crippen molar-refractivity contribution < 1.29 is 28.2 Å². The van der Waals surface area contributed by atoms with E-state index in [1.807, 2.05) is 0 Å². The lowest BCUT2D eigenvalue weighted by atomic mass is 10.1. The second-order valence-corrected chi connectivity index (χ2v) is 5.55. The minimum atomic E-state index is -0.728. The van der Waals surface area contributed by atoms with Crippen molar-refractivity contribution in [3.05, 3.63) is 52.3 Å². The van der Waals surface area contributed by atoms with Crippen LogP contribution < -0.4 is 14.8 Å². The molecule has 2 aromatic carbocycles. The number of methoxy groups -OCH3 is 2. The van der Waals surface area contributed by atoms with E-state index in [4.69, 9.17) is 25.8 Å². The SMILES string of the molecule is COCCOc1cc(C(=O)Nc2ccc(C=O)c(F)c2)cc(Cl)c1OC. The van der Waals surface area contributed by atoms with E-state index < -0.39 is 11.7 Å². The van der Waals surface area contributed by atoms with Crippen LogP contribution in [0.1, 0.15) is 20.7 Å². The summed E-state index contributed by atoms with van der Waals surface area (Å²) in [6.07, 6.45) is 0.397. The van der Waals surface area contributed by atoms with Crippen LogP contribution in [0.15, 0.2) is 30.3 Å². The van der Waals surface area contributed by atoms with Gasteiger partial charge in [0, 0.05) is 18.4 Å². The number of hydrogen-bond acceptors (Lipinski definition) is 5. The van der Waals surface area contributed by atoms with Gasteiger partial charge in [-0.3, -0.25) is 9.59 Å². The first-order valence-electron chi connectivity index (χ1n) is 7.55. The van der Waals surface area contributed by atoms with E-state index in [2.05, 4.69) is 5.32 Å².